The summed E-state index contributed by atoms with van der Waals surface area (Å²) in [6.45, 7) is 1.78. The summed E-state index contributed by atoms with van der Waals surface area (Å²) >= 11 is 0. The second kappa shape index (κ2) is 7.89. The Hall–Kier alpha value is -3.63. The third-order valence-electron chi connectivity index (χ3n) is 6.06. The molecule has 3 aromatic rings. The first-order valence-electron chi connectivity index (χ1n) is 10.4. The fourth-order valence-corrected chi connectivity index (χ4v) is 4.36. The molecule has 5 rings (SSSR count). The van der Waals surface area contributed by atoms with E-state index in [0.29, 0.717) is 49.6 Å². The molecule has 1 spiro atoms. The van der Waals surface area contributed by atoms with Crippen molar-refractivity contribution in [3.63, 3.8) is 0 Å². The van der Waals surface area contributed by atoms with Crippen molar-refractivity contribution in [1.82, 2.24) is 19.9 Å². The van der Waals surface area contributed by atoms with Crippen molar-refractivity contribution in [3.8, 4) is 17.5 Å². The Morgan fingerprint density at radius 1 is 1.06 bits per heavy atom. The van der Waals surface area contributed by atoms with Crippen LogP contribution in [0.15, 0.2) is 54.9 Å². The number of carbonyl (C=O) groups is 1. The van der Waals surface area contributed by atoms with E-state index in [1.54, 1.807) is 12.1 Å². The Labute approximate surface area is 180 Å². The van der Waals surface area contributed by atoms with Gasteiger partial charge in [-0.15, -0.1) is 0 Å². The van der Waals surface area contributed by atoms with Gasteiger partial charge in [0.15, 0.2) is 5.82 Å². The normalized spacial score (nSPS) is 17.1. The molecule has 0 atom stereocenters. The molecule has 0 radical (unpaired) electrons. The fourth-order valence-electron chi connectivity index (χ4n) is 4.36. The topological polar surface area (TPSA) is 92.0 Å². The number of nitrogens with zero attached hydrogens (tertiary/aromatic N) is 5. The molecule has 2 aromatic heterocycles. The van der Waals surface area contributed by atoms with Crippen LogP contribution >= 0.6 is 0 Å². The lowest BCUT2D eigenvalue weighted by Gasteiger charge is -2.44. The van der Waals surface area contributed by atoms with Crippen LogP contribution in [0.3, 0.4) is 0 Å². The van der Waals surface area contributed by atoms with Crippen LogP contribution in [0.4, 0.5) is 0 Å². The van der Waals surface area contributed by atoms with Crippen molar-refractivity contribution >= 4 is 5.91 Å². The molecule has 7 nitrogen and oxygen atoms in total. The van der Waals surface area contributed by atoms with E-state index in [1.165, 1.54) is 6.20 Å². The average Bonchev–Trinajstić information content (AvgIpc) is 2.85. The molecular weight excluding hydrogens is 390 g/mol. The van der Waals surface area contributed by atoms with Crippen molar-refractivity contribution in [2.75, 3.05) is 19.7 Å². The number of rotatable bonds is 2. The van der Waals surface area contributed by atoms with Crippen molar-refractivity contribution in [2.45, 2.75) is 24.9 Å². The number of piperidine rings is 1. The van der Waals surface area contributed by atoms with E-state index in [1.807, 2.05) is 47.5 Å². The van der Waals surface area contributed by atoms with Crippen molar-refractivity contribution in [3.05, 3.63) is 77.4 Å². The summed E-state index contributed by atoms with van der Waals surface area (Å²) < 4.78 is 6.31. The monoisotopic (exact) mass is 411 g/mol. The third-order valence-corrected chi connectivity index (χ3v) is 6.06. The van der Waals surface area contributed by atoms with Gasteiger partial charge < -0.3 is 9.64 Å². The van der Waals surface area contributed by atoms with Gasteiger partial charge in [-0.05, 0) is 37.0 Å². The number of hydrogen-bond acceptors (Lipinski definition) is 6. The predicted molar refractivity (Wildman–Crippen MR) is 113 cm³/mol. The van der Waals surface area contributed by atoms with Crippen LogP contribution < -0.4 is 0 Å². The second-order valence-electron chi connectivity index (χ2n) is 7.86. The molecule has 0 N–H and O–H groups in total. The van der Waals surface area contributed by atoms with Gasteiger partial charge in [0.25, 0.3) is 5.91 Å². The molecule has 0 aliphatic carbocycles. The summed E-state index contributed by atoms with van der Waals surface area (Å²) in [4.78, 5) is 28.2. The number of aromatic nitrogens is 3. The lowest BCUT2D eigenvalue weighted by Crippen LogP contribution is -2.49. The van der Waals surface area contributed by atoms with E-state index in [-0.39, 0.29) is 5.91 Å². The van der Waals surface area contributed by atoms with Gasteiger partial charge in [0.1, 0.15) is 17.4 Å². The van der Waals surface area contributed by atoms with E-state index in [2.05, 4.69) is 9.97 Å². The zero-order chi connectivity index (χ0) is 21.3. The second-order valence-corrected chi connectivity index (χ2v) is 7.86. The zero-order valence-electron chi connectivity index (χ0n) is 17.0. The fraction of sp³-hybridized carbons (Fsp3) is 0.292. The van der Waals surface area contributed by atoms with Crippen molar-refractivity contribution in [1.29, 1.82) is 5.26 Å². The highest BCUT2D eigenvalue weighted by molar-refractivity contribution is 5.94. The number of fused-ring (bicyclic) bond motifs is 2. The predicted octanol–water partition coefficient (Wildman–Crippen LogP) is 3.11. The molecule has 0 unspecified atom stereocenters. The van der Waals surface area contributed by atoms with Crippen LogP contribution in [0.25, 0.3) is 11.4 Å². The number of benzene rings is 1. The molecule has 1 aromatic carbocycles. The minimum absolute atomic E-state index is 0.0736. The molecule has 0 bridgehead atoms. The highest BCUT2D eigenvalue weighted by atomic mass is 16.5. The van der Waals surface area contributed by atoms with E-state index in [0.717, 1.165) is 23.2 Å². The van der Waals surface area contributed by atoms with Gasteiger partial charge in [0.2, 0.25) is 0 Å². The number of likely N-dealkylation sites (tertiary alicyclic amines) is 1. The number of amides is 1. The molecule has 1 fully saturated rings. The van der Waals surface area contributed by atoms with E-state index < -0.39 is 5.60 Å². The van der Waals surface area contributed by atoms with Crippen LogP contribution in [0.1, 0.15) is 40.2 Å². The molecule has 154 valence electrons. The zero-order valence-corrected chi connectivity index (χ0v) is 17.0. The van der Waals surface area contributed by atoms with E-state index in [9.17, 15) is 4.79 Å². The Kier molecular flexibility index (Phi) is 4.92. The molecule has 2 aliphatic heterocycles. The Bertz CT molecular complexity index is 1150. The Morgan fingerprint density at radius 2 is 1.87 bits per heavy atom. The minimum atomic E-state index is -0.486. The summed E-state index contributed by atoms with van der Waals surface area (Å²) in [5.41, 5.74) is 3.37. The van der Waals surface area contributed by atoms with Crippen LogP contribution in [0, 0.1) is 11.3 Å². The molecule has 31 heavy (non-hydrogen) atoms. The number of carbonyl (C=O) groups excluding carboxylic acids is 1. The van der Waals surface area contributed by atoms with Gasteiger partial charge in [0.05, 0.1) is 17.9 Å². The number of hydrogen-bond donors (Lipinski definition) is 0. The summed E-state index contributed by atoms with van der Waals surface area (Å²) in [6, 6.07) is 15.1. The first-order valence-corrected chi connectivity index (χ1v) is 10.4. The van der Waals surface area contributed by atoms with Gasteiger partial charge in [-0.3, -0.25) is 4.79 Å². The highest BCUT2D eigenvalue weighted by Crippen LogP contribution is 2.41. The first kappa shape index (κ1) is 19.3. The molecule has 1 saturated heterocycles. The molecule has 7 heteroatoms. The average molecular weight is 411 g/mol. The van der Waals surface area contributed by atoms with Crippen LogP contribution in [0.2, 0.25) is 0 Å². The number of nitriles is 1. The van der Waals surface area contributed by atoms with E-state index in [4.69, 9.17) is 15.0 Å². The molecule has 0 saturated carbocycles. The van der Waals surface area contributed by atoms with Gasteiger partial charge in [-0.25, -0.2) is 15.0 Å². The van der Waals surface area contributed by atoms with Crippen LogP contribution in [0.5, 0.6) is 0 Å². The van der Waals surface area contributed by atoms with Crippen LogP contribution in [-0.4, -0.2) is 45.5 Å². The van der Waals surface area contributed by atoms with Crippen molar-refractivity contribution < 1.29 is 9.53 Å². The first-order chi connectivity index (χ1) is 15.2. The smallest absolute Gasteiger partial charge is 0.255 e. The third kappa shape index (κ3) is 3.56. The SMILES string of the molecule is N#Cc1ccc(C(=O)N2CCC3(CC2)OCCc2cnc(-c4ccccc4)nc23)cn1. The molecular formula is C24H21N5O2. The summed E-state index contributed by atoms with van der Waals surface area (Å²) in [5, 5.41) is 8.90. The maximum atomic E-state index is 12.9. The van der Waals surface area contributed by atoms with Gasteiger partial charge in [-0.2, -0.15) is 5.26 Å². The molecule has 4 heterocycles. The highest BCUT2D eigenvalue weighted by Gasteiger charge is 2.43. The minimum Gasteiger partial charge on any atom is -0.368 e. The summed E-state index contributed by atoms with van der Waals surface area (Å²) in [5.74, 6) is 0.627. The Morgan fingerprint density at radius 3 is 2.58 bits per heavy atom. The quantitative estimate of drug-likeness (QED) is 0.643. The Balaban J connectivity index is 1.38. The maximum Gasteiger partial charge on any atom is 0.255 e. The summed E-state index contributed by atoms with van der Waals surface area (Å²) in [6.07, 6.45) is 5.55. The maximum absolute atomic E-state index is 12.9. The van der Waals surface area contributed by atoms with Gasteiger partial charge in [-0.1, -0.05) is 30.3 Å². The summed E-state index contributed by atoms with van der Waals surface area (Å²) in [7, 11) is 0. The van der Waals surface area contributed by atoms with Gasteiger partial charge >= 0.3 is 0 Å². The van der Waals surface area contributed by atoms with Gasteiger partial charge in [0, 0.05) is 31.0 Å². The molecule has 2 aliphatic rings. The van der Waals surface area contributed by atoms with Crippen LogP contribution in [-0.2, 0) is 16.8 Å². The lowest BCUT2D eigenvalue weighted by molar-refractivity contribution is -0.0967. The number of ether oxygens (including phenoxy) is 1. The largest absolute Gasteiger partial charge is 0.368 e. The molecule has 1 amide bonds. The number of pyridine rings is 1. The van der Waals surface area contributed by atoms with E-state index >= 15 is 0 Å². The standard InChI is InChI=1S/C24H21N5O2/c25-14-20-7-6-19(16-26-20)23(30)29-11-9-24(10-12-29)21-18(8-13-31-24)15-27-22(28-21)17-4-2-1-3-5-17/h1-7,15-16H,8-13H2. The van der Waals surface area contributed by atoms with Crippen molar-refractivity contribution in [2.24, 2.45) is 0 Å². The lowest BCUT2D eigenvalue weighted by atomic mass is 9.83.